The van der Waals surface area contributed by atoms with Crippen LogP contribution in [0.3, 0.4) is 0 Å². The van der Waals surface area contributed by atoms with Crippen molar-refractivity contribution in [2.75, 3.05) is 7.05 Å². The lowest BCUT2D eigenvalue weighted by Gasteiger charge is -2.11. The van der Waals surface area contributed by atoms with E-state index in [0.717, 1.165) is 11.3 Å². The van der Waals surface area contributed by atoms with Gasteiger partial charge in [0.1, 0.15) is 6.04 Å². The maximum Gasteiger partial charge on any atom is 0.239 e. The van der Waals surface area contributed by atoms with Gasteiger partial charge in [0.15, 0.2) is 0 Å². The molecule has 0 aliphatic rings. The van der Waals surface area contributed by atoms with Gasteiger partial charge < -0.3 is 11.1 Å². The third kappa shape index (κ3) is 1.70. The fourth-order valence-corrected chi connectivity index (χ4v) is 1.25. The molecule has 0 fully saturated rings. The Hall–Kier alpha value is -1.36. The van der Waals surface area contributed by atoms with Crippen LogP contribution in [0.25, 0.3) is 0 Å². The molecule has 1 unspecified atom stereocenters. The zero-order chi connectivity index (χ0) is 10.0. The molecule has 1 amide bonds. The fourth-order valence-electron chi connectivity index (χ4n) is 1.25. The van der Waals surface area contributed by atoms with E-state index in [1.165, 1.54) is 0 Å². The van der Waals surface area contributed by atoms with Gasteiger partial charge in [0, 0.05) is 18.3 Å². The summed E-state index contributed by atoms with van der Waals surface area (Å²) in [6.07, 6.45) is 1.65. The van der Waals surface area contributed by atoms with E-state index in [0.29, 0.717) is 0 Å². The third-order valence-corrected chi connectivity index (χ3v) is 2.16. The first-order chi connectivity index (χ1) is 6.07. The van der Waals surface area contributed by atoms with Gasteiger partial charge in [-0.25, -0.2) is 0 Å². The third-order valence-electron chi connectivity index (χ3n) is 2.16. The molecule has 0 aliphatic heterocycles. The molecule has 1 aromatic rings. The molecule has 5 heteroatoms. The van der Waals surface area contributed by atoms with E-state index < -0.39 is 11.9 Å². The van der Waals surface area contributed by atoms with Crippen molar-refractivity contribution in [1.29, 1.82) is 0 Å². The van der Waals surface area contributed by atoms with Crippen LogP contribution in [0, 0.1) is 6.92 Å². The molecule has 0 bridgehead atoms. The molecule has 0 radical (unpaired) electrons. The predicted molar refractivity (Wildman–Crippen MR) is 48.9 cm³/mol. The van der Waals surface area contributed by atoms with E-state index in [-0.39, 0.29) is 0 Å². The highest BCUT2D eigenvalue weighted by Crippen LogP contribution is 2.15. The summed E-state index contributed by atoms with van der Waals surface area (Å²) in [4.78, 5) is 11.0. The van der Waals surface area contributed by atoms with Crippen LogP contribution in [-0.4, -0.2) is 22.7 Å². The molecule has 1 rings (SSSR count). The number of nitrogens with two attached hydrogens (primary N) is 1. The van der Waals surface area contributed by atoms with Crippen LogP contribution in [-0.2, 0) is 11.8 Å². The molecular weight excluding hydrogens is 168 g/mol. The van der Waals surface area contributed by atoms with Crippen molar-refractivity contribution >= 4 is 5.91 Å². The van der Waals surface area contributed by atoms with Crippen LogP contribution in [0.2, 0.25) is 0 Å². The van der Waals surface area contributed by atoms with Gasteiger partial charge in [-0.3, -0.25) is 9.48 Å². The first kappa shape index (κ1) is 9.73. The van der Waals surface area contributed by atoms with Crippen molar-refractivity contribution in [3.8, 4) is 0 Å². The number of nitrogens with zero attached hydrogens (tertiary/aromatic N) is 2. The number of aromatic nitrogens is 2. The molecule has 0 saturated heterocycles. The number of hydrogen-bond acceptors (Lipinski definition) is 3. The Morgan fingerprint density at radius 1 is 1.77 bits per heavy atom. The van der Waals surface area contributed by atoms with Crippen molar-refractivity contribution in [1.82, 2.24) is 15.1 Å². The molecule has 13 heavy (non-hydrogen) atoms. The lowest BCUT2D eigenvalue weighted by molar-refractivity contribution is -0.120. The molecule has 1 atom stereocenters. The minimum absolute atomic E-state index is 0.390. The van der Waals surface area contributed by atoms with E-state index in [2.05, 4.69) is 10.4 Å². The number of amides is 1. The Kier molecular flexibility index (Phi) is 2.67. The summed E-state index contributed by atoms with van der Waals surface area (Å²) in [5.41, 5.74) is 6.99. The Morgan fingerprint density at radius 3 is 2.69 bits per heavy atom. The standard InChI is InChI=1S/C8H14N4O/c1-5-6(4-11-12(5)3)7(10-2)8(9)13/h4,7,10H,1-3H3,(H2,9,13). The molecule has 3 N–H and O–H groups in total. The van der Waals surface area contributed by atoms with Crippen molar-refractivity contribution < 1.29 is 4.79 Å². The van der Waals surface area contributed by atoms with E-state index in [1.54, 1.807) is 17.9 Å². The summed E-state index contributed by atoms with van der Waals surface area (Å²) in [6.45, 7) is 1.90. The molecule has 1 heterocycles. The number of carbonyl (C=O) groups is 1. The second-order valence-corrected chi connectivity index (χ2v) is 2.93. The van der Waals surface area contributed by atoms with Crippen molar-refractivity contribution in [3.63, 3.8) is 0 Å². The van der Waals surface area contributed by atoms with E-state index in [1.807, 2.05) is 14.0 Å². The maximum atomic E-state index is 11.0. The summed E-state index contributed by atoms with van der Waals surface area (Å²) in [5, 5.41) is 6.88. The summed E-state index contributed by atoms with van der Waals surface area (Å²) in [5.74, 6) is -0.390. The lowest BCUT2D eigenvalue weighted by atomic mass is 10.1. The minimum atomic E-state index is -0.450. The highest BCUT2D eigenvalue weighted by atomic mass is 16.1. The molecule has 0 saturated carbocycles. The van der Waals surface area contributed by atoms with Gasteiger partial charge in [0.05, 0.1) is 6.20 Å². The molecule has 0 aliphatic carbocycles. The van der Waals surface area contributed by atoms with Gasteiger partial charge in [-0.1, -0.05) is 0 Å². The van der Waals surface area contributed by atoms with Gasteiger partial charge in [0.25, 0.3) is 0 Å². The Balaban J connectivity index is 3.05. The highest BCUT2D eigenvalue weighted by Gasteiger charge is 2.19. The maximum absolute atomic E-state index is 11.0. The van der Waals surface area contributed by atoms with Gasteiger partial charge in [-0.05, 0) is 14.0 Å². The average Bonchev–Trinajstić information content (AvgIpc) is 2.37. The van der Waals surface area contributed by atoms with Gasteiger partial charge >= 0.3 is 0 Å². The van der Waals surface area contributed by atoms with E-state index in [9.17, 15) is 4.79 Å². The number of rotatable bonds is 3. The quantitative estimate of drug-likeness (QED) is 0.660. The van der Waals surface area contributed by atoms with Crippen molar-refractivity contribution in [3.05, 3.63) is 17.5 Å². The molecule has 72 valence electrons. The fraction of sp³-hybridized carbons (Fsp3) is 0.500. The number of likely N-dealkylation sites (N-methyl/N-ethyl adjacent to an activating group) is 1. The van der Waals surface area contributed by atoms with Crippen molar-refractivity contribution in [2.24, 2.45) is 12.8 Å². The first-order valence-corrected chi connectivity index (χ1v) is 4.03. The smallest absolute Gasteiger partial charge is 0.239 e. The van der Waals surface area contributed by atoms with Crippen LogP contribution in [0.5, 0.6) is 0 Å². The molecule has 5 nitrogen and oxygen atoms in total. The second-order valence-electron chi connectivity index (χ2n) is 2.93. The SMILES string of the molecule is CNC(C(N)=O)c1cnn(C)c1C. The number of nitrogens with one attached hydrogen (secondary N) is 1. The predicted octanol–water partition coefficient (Wildman–Crippen LogP) is -0.526. The van der Waals surface area contributed by atoms with Gasteiger partial charge in [-0.2, -0.15) is 5.10 Å². The second kappa shape index (κ2) is 3.57. The largest absolute Gasteiger partial charge is 0.368 e. The Bertz CT molecular complexity index is 318. The number of carbonyl (C=O) groups excluding carboxylic acids is 1. The monoisotopic (exact) mass is 182 g/mol. The van der Waals surface area contributed by atoms with E-state index in [4.69, 9.17) is 5.73 Å². The Morgan fingerprint density at radius 2 is 2.38 bits per heavy atom. The van der Waals surface area contributed by atoms with Crippen LogP contribution in [0.1, 0.15) is 17.3 Å². The van der Waals surface area contributed by atoms with Gasteiger partial charge in [0.2, 0.25) is 5.91 Å². The zero-order valence-corrected chi connectivity index (χ0v) is 8.03. The number of hydrogen-bond donors (Lipinski definition) is 2. The summed E-state index contributed by atoms with van der Waals surface area (Å²) in [7, 11) is 3.52. The summed E-state index contributed by atoms with van der Waals surface area (Å²) >= 11 is 0. The Labute approximate surface area is 76.9 Å². The first-order valence-electron chi connectivity index (χ1n) is 4.03. The normalized spacial score (nSPS) is 12.8. The number of primary amides is 1. The van der Waals surface area contributed by atoms with Crippen molar-refractivity contribution in [2.45, 2.75) is 13.0 Å². The topological polar surface area (TPSA) is 72.9 Å². The van der Waals surface area contributed by atoms with Crippen LogP contribution >= 0.6 is 0 Å². The average molecular weight is 182 g/mol. The van der Waals surface area contributed by atoms with Crippen LogP contribution in [0.4, 0.5) is 0 Å². The zero-order valence-electron chi connectivity index (χ0n) is 8.03. The highest BCUT2D eigenvalue weighted by molar-refractivity contribution is 5.81. The molecule has 0 aromatic carbocycles. The molecule has 1 aromatic heterocycles. The number of aryl methyl sites for hydroxylation is 1. The minimum Gasteiger partial charge on any atom is -0.368 e. The van der Waals surface area contributed by atoms with Crippen LogP contribution in [0.15, 0.2) is 6.20 Å². The summed E-state index contributed by atoms with van der Waals surface area (Å²) < 4.78 is 1.71. The lowest BCUT2D eigenvalue weighted by Crippen LogP contribution is -2.31. The molecule has 0 spiro atoms. The summed E-state index contributed by atoms with van der Waals surface area (Å²) in [6, 6.07) is -0.450. The van der Waals surface area contributed by atoms with Gasteiger partial charge in [-0.15, -0.1) is 0 Å². The molecular formula is C8H14N4O. The van der Waals surface area contributed by atoms with E-state index >= 15 is 0 Å². The van der Waals surface area contributed by atoms with Crippen LogP contribution < -0.4 is 11.1 Å².